The van der Waals surface area contributed by atoms with E-state index in [1.807, 2.05) is 0 Å². The molecule has 2 nitrogen and oxygen atoms in total. The number of benzene rings is 1. The summed E-state index contributed by atoms with van der Waals surface area (Å²) in [5.74, 6) is 1.84. The highest BCUT2D eigenvalue weighted by Crippen LogP contribution is 2.31. The molecule has 0 aliphatic heterocycles. The third-order valence-electron chi connectivity index (χ3n) is 5.16. The fraction of sp³-hybridized carbons (Fsp3) is 0.714. The predicted octanol–water partition coefficient (Wildman–Crippen LogP) is 5.83. The molecule has 0 heterocycles. The Morgan fingerprint density at radius 3 is 2.30 bits per heavy atom. The van der Waals surface area contributed by atoms with Gasteiger partial charge in [0.1, 0.15) is 5.75 Å². The van der Waals surface area contributed by atoms with Crippen LogP contribution in [0.25, 0.3) is 0 Å². The lowest BCUT2D eigenvalue weighted by molar-refractivity contribution is 0.133. The Labute approximate surface area is 143 Å². The van der Waals surface area contributed by atoms with Gasteiger partial charge in [0, 0.05) is 12.1 Å². The molecule has 23 heavy (non-hydrogen) atoms. The molecule has 1 aliphatic carbocycles. The average molecular weight is 318 g/mol. The van der Waals surface area contributed by atoms with Crippen LogP contribution in [0.1, 0.15) is 77.8 Å². The third-order valence-corrected chi connectivity index (χ3v) is 5.16. The summed E-state index contributed by atoms with van der Waals surface area (Å²) in [7, 11) is 0. The van der Waals surface area contributed by atoms with Crippen molar-refractivity contribution in [2.45, 2.75) is 78.3 Å². The van der Waals surface area contributed by atoms with Crippen molar-refractivity contribution >= 4 is 0 Å². The first-order chi connectivity index (χ1) is 11.2. The zero-order valence-electron chi connectivity index (χ0n) is 15.6. The molecular formula is C21H35NO. The second-order valence-corrected chi connectivity index (χ2v) is 7.10. The normalized spacial score (nSPS) is 17.3. The molecule has 1 aliphatic rings. The van der Waals surface area contributed by atoms with E-state index in [9.17, 15) is 0 Å². The minimum atomic E-state index is 0.522. The average Bonchev–Trinajstić information content (AvgIpc) is 3.41. The van der Waals surface area contributed by atoms with Gasteiger partial charge in [-0.1, -0.05) is 39.3 Å². The van der Waals surface area contributed by atoms with Gasteiger partial charge in [0.05, 0.1) is 6.61 Å². The van der Waals surface area contributed by atoms with Crippen molar-refractivity contribution in [1.29, 1.82) is 0 Å². The SMILES string of the molecule is CCCCN(C(CC)c1ccc(OCC2CC2)cc1)[C@@H](C)CC. The van der Waals surface area contributed by atoms with E-state index in [0.717, 1.165) is 24.7 Å². The highest BCUT2D eigenvalue weighted by atomic mass is 16.5. The smallest absolute Gasteiger partial charge is 0.119 e. The van der Waals surface area contributed by atoms with Crippen LogP contribution in [0.5, 0.6) is 5.75 Å². The Morgan fingerprint density at radius 2 is 1.78 bits per heavy atom. The molecule has 1 aromatic rings. The first-order valence-electron chi connectivity index (χ1n) is 9.68. The van der Waals surface area contributed by atoms with Gasteiger partial charge in [-0.25, -0.2) is 0 Å². The van der Waals surface area contributed by atoms with Crippen LogP contribution in [0.4, 0.5) is 0 Å². The van der Waals surface area contributed by atoms with Crippen LogP contribution >= 0.6 is 0 Å². The summed E-state index contributed by atoms with van der Waals surface area (Å²) in [5, 5.41) is 0. The number of hydrogen-bond donors (Lipinski definition) is 0. The van der Waals surface area contributed by atoms with E-state index >= 15 is 0 Å². The molecule has 1 aromatic carbocycles. The van der Waals surface area contributed by atoms with Gasteiger partial charge in [0.25, 0.3) is 0 Å². The summed E-state index contributed by atoms with van der Waals surface area (Å²) in [6, 6.07) is 10.0. The lowest BCUT2D eigenvalue weighted by atomic mass is 9.99. The number of rotatable bonds is 11. The van der Waals surface area contributed by atoms with Gasteiger partial charge in [-0.05, 0) is 69.2 Å². The van der Waals surface area contributed by atoms with Gasteiger partial charge < -0.3 is 4.74 Å². The van der Waals surface area contributed by atoms with E-state index in [2.05, 4.69) is 56.9 Å². The Bertz CT molecular complexity index is 438. The molecule has 0 N–H and O–H groups in total. The maximum absolute atomic E-state index is 5.88. The van der Waals surface area contributed by atoms with E-state index in [1.54, 1.807) is 0 Å². The lowest BCUT2D eigenvalue weighted by Crippen LogP contribution is -2.37. The van der Waals surface area contributed by atoms with Gasteiger partial charge >= 0.3 is 0 Å². The third kappa shape index (κ3) is 5.53. The van der Waals surface area contributed by atoms with Gasteiger partial charge in [-0.2, -0.15) is 0 Å². The second-order valence-electron chi connectivity index (χ2n) is 7.10. The van der Waals surface area contributed by atoms with Crippen molar-refractivity contribution in [1.82, 2.24) is 4.90 Å². The van der Waals surface area contributed by atoms with Crippen molar-refractivity contribution in [2.24, 2.45) is 5.92 Å². The van der Waals surface area contributed by atoms with E-state index < -0.39 is 0 Å². The predicted molar refractivity (Wildman–Crippen MR) is 99.1 cm³/mol. The molecule has 1 saturated carbocycles. The molecule has 2 atom stereocenters. The van der Waals surface area contributed by atoms with Crippen LogP contribution in [0.3, 0.4) is 0 Å². The Kier molecular flexibility index (Phi) is 7.42. The molecular weight excluding hydrogens is 282 g/mol. The molecule has 0 aromatic heterocycles. The van der Waals surface area contributed by atoms with Crippen molar-refractivity contribution in [3.05, 3.63) is 29.8 Å². The first-order valence-corrected chi connectivity index (χ1v) is 9.68. The summed E-state index contributed by atoms with van der Waals surface area (Å²) in [5.41, 5.74) is 1.43. The van der Waals surface area contributed by atoms with Gasteiger partial charge in [-0.15, -0.1) is 0 Å². The van der Waals surface area contributed by atoms with Gasteiger partial charge in [0.15, 0.2) is 0 Å². The van der Waals surface area contributed by atoms with E-state index in [4.69, 9.17) is 4.74 Å². The van der Waals surface area contributed by atoms with E-state index in [-0.39, 0.29) is 0 Å². The first kappa shape index (κ1) is 18.3. The molecule has 1 unspecified atom stereocenters. The van der Waals surface area contributed by atoms with Crippen LogP contribution in [-0.4, -0.2) is 24.1 Å². The van der Waals surface area contributed by atoms with Crippen LogP contribution in [-0.2, 0) is 0 Å². The van der Waals surface area contributed by atoms with E-state index in [1.165, 1.54) is 44.2 Å². The van der Waals surface area contributed by atoms with Crippen molar-refractivity contribution in [2.75, 3.05) is 13.2 Å². The second kappa shape index (κ2) is 9.32. The monoisotopic (exact) mass is 317 g/mol. The van der Waals surface area contributed by atoms with Gasteiger partial charge in [0.2, 0.25) is 0 Å². The number of nitrogens with zero attached hydrogens (tertiary/aromatic N) is 1. The van der Waals surface area contributed by atoms with Crippen LogP contribution in [0, 0.1) is 5.92 Å². The van der Waals surface area contributed by atoms with Gasteiger partial charge in [-0.3, -0.25) is 4.90 Å². The summed E-state index contributed by atoms with van der Waals surface area (Å²) in [6.07, 6.45) is 7.61. The van der Waals surface area contributed by atoms with Crippen molar-refractivity contribution < 1.29 is 4.74 Å². The maximum atomic E-state index is 5.88. The summed E-state index contributed by atoms with van der Waals surface area (Å²) in [4.78, 5) is 2.70. The Hall–Kier alpha value is -1.02. The number of hydrogen-bond acceptors (Lipinski definition) is 2. The zero-order valence-corrected chi connectivity index (χ0v) is 15.6. The largest absolute Gasteiger partial charge is 0.493 e. The summed E-state index contributed by atoms with van der Waals surface area (Å²) >= 11 is 0. The topological polar surface area (TPSA) is 12.5 Å². The molecule has 1 fully saturated rings. The summed E-state index contributed by atoms with van der Waals surface area (Å²) in [6.45, 7) is 11.3. The molecule has 2 rings (SSSR count). The molecule has 130 valence electrons. The minimum Gasteiger partial charge on any atom is -0.493 e. The van der Waals surface area contributed by atoms with Crippen molar-refractivity contribution in [3.8, 4) is 5.75 Å². The molecule has 0 spiro atoms. The number of unbranched alkanes of at least 4 members (excludes halogenated alkanes) is 1. The van der Waals surface area contributed by atoms with E-state index in [0.29, 0.717) is 12.1 Å². The standard InChI is InChI=1S/C21H35NO/c1-5-8-15-22(17(4)6-2)21(7-3)19-11-13-20(14-12-19)23-16-18-9-10-18/h11-14,17-18,21H,5-10,15-16H2,1-4H3/t17-,21?/m0/s1. The maximum Gasteiger partial charge on any atom is 0.119 e. The zero-order chi connectivity index (χ0) is 16.7. The minimum absolute atomic E-state index is 0.522. The highest BCUT2D eigenvalue weighted by molar-refractivity contribution is 5.29. The molecule has 0 amide bonds. The fourth-order valence-electron chi connectivity index (χ4n) is 3.21. The molecule has 0 saturated heterocycles. The molecule has 2 heteroatoms. The van der Waals surface area contributed by atoms with Crippen LogP contribution in [0.2, 0.25) is 0 Å². The van der Waals surface area contributed by atoms with Crippen molar-refractivity contribution in [3.63, 3.8) is 0 Å². The quantitative estimate of drug-likeness (QED) is 0.509. The number of ether oxygens (including phenoxy) is 1. The van der Waals surface area contributed by atoms with Crippen LogP contribution < -0.4 is 4.74 Å². The highest BCUT2D eigenvalue weighted by Gasteiger charge is 2.23. The lowest BCUT2D eigenvalue weighted by Gasteiger charge is -2.36. The Balaban J connectivity index is 2.03. The van der Waals surface area contributed by atoms with Crippen LogP contribution in [0.15, 0.2) is 24.3 Å². The fourth-order valence-corrected chi connectivity index (χ4v) is 3.21. The molecule has 0 bridgehead atoms. The Morgan fingerprint density at radius 1 is 1.09 bits per heavy atom. The summed E-state index contributed by atoms with van der Waals surface area (Å²) < 4.78 is 5.88. The molecule has 0 radical (unpaired) electrons.